The van der Waals surface area contributed by atoms with Crippen molar-refractivity contribution in [1.82, 2.24) is 4.31 Å². The molecule has 7 heteroatoms. The lowest BCUT2D eigenvalue weighted by molar-refractivity contribution is 0.165. The molecule has 0 N–H and O–H groups in total. The van der Waals surface area contributed by atoms with E-state index in [4.69, 9.17) is 9.47 Å². The summed E-state index contributed by atoms with van der Waals surface area (Å²) in [6.07, 6.45) is 4.67. The molecule has 2 saturated heterocycles. The summed E-state index contributed by atoms with van der Waals surface area (Å²) in [6.45, 7) is 2.92. The van der Waals surface area contributed by atoms with Crippen molar-refractivity contribution in [2.45, 2.75) is 30.6 Å². The quantitative estimate of drug-likeness (QED) is 0.769. The highest BCUT2D eigenvalue weighted by Gasteiger charge is 2.53. The second-order valence-electron chi connectivity index (χ2n) is 8.62. The highest BCUT2D eigenvalue weighted by Crippen LogP contribution is 2.55. The second-order valence-corrected chi connectivity index (χ2v) is 10.6. The zero-order valence-electron chi connectivity index (χ0n) is 15.3. The van der Waals surface area contributed by atoms with Gasteiger partial charge in [0.1, 0.15) is 0 Å². The monoisotopic (exact) mass is 395 g/mol. The Bertz CT molecular complexity index is 805. The van der Waals surface area contributed by atoms with Crippen molar-refractivity contribution in [3.05, 3.63) is 24.0 Å². The fourth-order valence-electron chi connectivity index (χ4n) is 5.67. The van der Waals surface area contributed by atoms with Crippen LogP contribution in [-0.2, 0) is 14.8 Å². The molecule has 27 heavy (non-hydrogen) atoms. The fourth-order valence-corrected chi connectivity index (χ4v) is 7.20. The third-order valence-electron chi connectivity index (χ3n) is 7.14. The molecule has 1 aromatic rings. The highest BCUT2D eigenvalue weighted by atomic mass is 32.2. The van der Waals surface area contributed by atoms with Gasteiger partial charge in [-0.25, -0.2) is 12.8 Å². The van der Waals surface area contributed by atoms with Gasteiger partial charge in [-0.15, -0.1) is 0 Å². The van der Waals surface area contributed by atoms with E-state index in [1.54, 1.807) is 4.31 Å². The first-order chi connectivity index (χ1) is 13.0. The minimum atomic E-state index is -3.65. The summed E-state index contributed by atoms with van der Waals surface area (Å²) in [5, 5.41) is 0. The topological polar surface area (TPSA) is 55.8 Å². The van der Waals surface area contributed by atoms with Crippen molar-refractivity contribution in [3.63, 3.8) is 0 Å². The van der Waals surface area contributed by atoms with Crippen LogP contribution in [0.2, 0.25) is 0 Å². The molecule has 2 aliphatic carbocycles. The van der Waals surface area contributed by atoms with E-state index in [9.17, 15) is 12.8 Å². The van der Waals surface area contributed by atoms with Crippen molar-refractivity contribution in [2.75, 3.05) is 32.9 Å². The molecule has 2 bridgehead atoms. The number of ether oxygens (including phenoxy) is 2. The molecular weight excluding hydrogens is 369 g/mol. The lowest BCUT2D eigenvalue weighted by Crippen LogP contribution is -2.30. The lowest BCUT2D eigenvalue weighted by atomic mass is 9.82. The first-order valence-corrected chi connectivity index (χ1v) is 11.5. The molecule has 5 atom stereocenters. The van der Waals surface area contributed by atoms with Crippen LogP contribution in [0.5, 0.6) is 5.75 Å². The van der Waals surface area contributed by atoms with Crippen LogP contribution in [0.4, 0.5) is 4.39 Å². The van der Waals surface area contributed by atoms with Gasteiger partial charge in [0.2, 0.25) is 10.0 Å². The zero-order chi connectivity index (χ0) is 18.6. The van der Waals surface area contributed by atoms with Gasteiger partial charge in [-0.1, -0.05) is 0 Å². The van der Waals surface area contributed by atoms with E-state index in [-0.39, 0.29) is 16.6 Å². The van der Waals surface area contributed by atoms with E-state index in [0.29, 0.717) is 56.6 Å². The molecule has 5 unspecified atom stereocenters. The van der Waals surface area contributed by atoms with E-state index < -0.39 is 15.8 Å². The third-order valence-corrected chi connectivity index (χ3v) is 8.97. The molecular formula is C20H26FNO4S. The molecule has 0 aromatic heterocycles. The Morgan fingerprint density at radius 1 is 1.15 bits per heavy atom. The smallest absolute Gasteiger partial charge is 0.243 e. The number of halogens is 1. The molecule has 4 fully saturated rings. The Labute approximate surface area is 159 Å². The Hall–Kier alpha value is -1.18. The van der Waals surface area contributed by atoms with E-state index in [1.807, 2.05) is 0 Å². The number of hydrogen-bond acceptors (Lipinski definition) is 4. The van der Waals surface area contributed by atoms with Crippen LogP contribution < -0.4 is 4.74 Å². The van der Waals surface area contributed by atoms with Crippen LogP contribution in [0.3, 0.4) is 0 Å². The summed E-state index contributed by atoms with van der Waals surface area (Å²) < 4.78 is 52.9. The SMILES string of the molecule is O=S(=O)(c1ccc(OCC2CCOC2)c(F)c1)N1CC2C3CCC(C3)C2C1. The van der Waals surface area contributed by atoms with Crippen molar-refractivity contribution in [3.8, 4) is 5.75 Å². The molecule has 0 amide bonds. The number of benzene rings is 1. The van der Waals surface area contributed by atoms with Gasteiger partial charge in [-0.05, 0) is 67.6 Å². The fraction of sp³-hybridized carbons (Fsp3) is 0.700. The standard InChI is InChI=1S/C20H26FNO4S/c21-19-8-16(3-4-20(19)26-12-13-5-6-25-11-13)27(23,24)22-9-17-14-1-2-15(7-14)18(17)10-22/h3-4,8,13-15,17-18H,1-2,5-7,9-12H2. The van der Waals surface area contributed by atoms with Crippen LogP contribution in [0.15, 0.2) is 23.1 Å². The van der Waals surface area contributed by atoms with Crippen LogP contribution in [0.1, 0.15) is 25.7 Å². The van der Waals surface area contributed by atoms with Crippen LogP contribution in [-0.4, -0.2) is 45.6 Å². The number of rotatable bonds is 5. The average Bonchev–Trinajstić information content (AvgIpc) is 3.42. The van der Waals surface area contributed by atoms with Crippen molar-refractivity contribution < 1.29 is 22.3 Å². The molecule has 4 aliphatic rings. The molecule has 2 saturated carbocycles. The van der Waals surface area contributed by atoms with E-state index in [2.05, 4.69) is 0 Å². The number of nitrogens with zero attached hydrogens (tertiary/aromatic N) is 1. The van der Waals surface area contributed by atoms with Gasteiger partial charge in [-0.3, -0.25) is 0 Å². The predicted octanol–water partition coefficient (Wildman–Crippen LogP) is 2.91. The normalized spacial score (nSPS) is 35.7. The molecule has 1 aromatic carbocycles. The van der Waals surface area contributed by atoms with E-state index >= 15 is 0 Å². The van der Waals surface area contributed by atoms with Crippen molar-refractivity contribution in [2.24, 2.45) is 29.6 Å². The third kappa shape index (κ3) is 3.08. The molecule has 0 spiro atoms. The Kier molecular flexibility index (Phi) is 4.44. The molecule has 2 aliphatic heterocycles. The lowest BCUT2D eigenvalue weighted by Gasteiger charge is -2.22. The van der Waals surface area contributed by atoms with Crippen LogP contribution >= 0.6 is 0 Å². The summed E-state index contributed by atoms with van der Waals surface area (Å²) in [6, 6.07) is 4.03. The van der Waals surface area contributed by atoms with E-state index in [1.165, 1.54) is 31.4 Å². The summed E-state index contributed by atoms with van der Waals surface area (Å²) in [4.78, 5) is 0.0314. The average molecular weight is 395 g/mol. The Morgan fingerprint density at radius 3 is 2.52 bits per heavy atom. The number of fused-ring (bicyclic) bond motifs is 5. The van der Waals surface area contributed by atoms with Gasteiger partial charge in [0, 0.05) is 25.6 Å². The van der Waals surface area contributed by atoms with Crippen LogP contribution in [0, 0.1) is 35.4 Å². The Morgan fingerprint density at radius 2 is 1.89 bits per heavy atom. The minimum Gasteiger partial charge on any atom is -0.490 e. The van der Waals surface area contributed by atoms with Gasteiger partial charge in [0.05, 0.1) is 18.1 Å². The number of hydrogen-bond donors (Lipinski definition) is 0. The maximum Gasteiger partial charge on any atom is 0.243 e. The Balaban J connectivity index is 1.29. The minimum absolute atomic E-state index is 0.0314. The number of sulfonamides is 1. The van der Waals surface area contributed by atoms with Crippen LogP contribution in [0.25, 0.3) is 0 Å². The summed E-state index contributed by atoms with van der Waals surface area (Å²) in [5.41, 5.74) is 0. The maximum atomic E-state index is 14.5. The highest BCUT2D eigenvalue weighted by molar-refractivity contribution is 7.89. The molecule has 148 valence electrons. The van der Waals surface area contributed by atoms with Gasteiger partial charge in [0.25, 0.3) is 0 Å². The molecule has 5 nitrogen and oxygen atoms in total. The molecule has 2 heterocycles. The van der Waals surface area contributed by atoms with E-state index in [0.717, 1.165) is 12.5 Å². The summed E-state index contributed by atoms with van der Waals surface area (Å²) in [5.74, 6) is 2.14. The zero-order valence-corrected chi connectivity index (χ0v) is 16.2. The van der Waals surface area contributed by atoms with Gasteiger partial charge < -0.3 is 9.47 Å². The molecule has 0 radical (unpaired) electrons. The van der Waals surface area contributed by atoms with Gasteiger partial charge in [-0.2, -0.15) is 4.31 Å². The predicted molar refractivity (Wildman–Crippen MR) is 97.4 cm³/mol. The maximum absolute atomic E-state index is 14.5. The van der Waals surface area contributed by atoms with Crippen molar-refractivity contribution in [1.29, 1.82) is 0 Å². The van der Waals surface area contributed by atoms with Gasteiger partial charge >= 0.3 is 0 Å². The second kappa shape index (κ2) is 6.71. The summed E-state index contributed by atoms with van der Waals surface area (Å²) in [7, 11) is -3.65. The van der Waals surface area contributed by atoms with Gasteiger partial charge in [0.15, 0.2) is 11.6 Å². The van der Waals surface area contributed by atoms with Crippen molar-refractivity contribution >= 4 is 10.0 Å². The largest absolute Gasteiger partial charge is 0.490 e. The first-order valence-electron chi connectivity index (χ1n) is 10.0. The molecule has 5 rings (SSSR count). The first kappa shape index (κ1) is 17.9. The summed E-state index contributed by atoms with van der Waals surface area (Å²) >= 11 is 0.